The normalized spacial score (nSPS) is 15.1. The minimum absolute atomic E-state index is 0.00943. The van der Waals surface area contributed by atoms with Gasteiger partial charge in [-0.05, 0) is 38.0 Å². The van der Waals surface area contributed by atoms with Gasteiger partial charge in [-0.25, -0.2) is 4.98 Å². The molecule has 1 aromatic heterocycles. The van der Waals surface area contributed by atoms with Crippen LogP contribution in [0.2, 0.25) is 0 Å². The minimum Gasteiger partial charge on any atom is -0.368 e. The van der Waals surface area contributed by atoms with Gasteiger partial charge in [0.2, 0.25) is 0 Å². The van der Waals surface area contributed by atoms with Crippen molar-refractivity contribution in [3.05, 3.63) is 52.1 Å². The summed E-state index contributed by atoms with van der Waals surface area (Å²) in [6, 6.07) is 6.45. The van der Waals surface area contributed by atoms with Gasteiger partial charge in [0.05, 0.1) is 0 Å². The molecule has 1 fully saturated rings. The summed E-state index contributed by atoms with van der Waals surface area (Å²) >= 11 is 0. The molecule has 0 unspecified atom stereocenters. The number of hydrogen-bond acceptors (Lipinski definition) is 4. The first-order valence-corrected chi connectivity index (χ1v) is 8.23. The molecular formula is C18H24N4O. The van der Waals surface area contributed by atoms with Crippen molar-refractivity contribution < 1.29 is 0 Å². The van der Waals surface area contributed by atoms with Crippen molar-refractivity contribution in [2.45, 2.75) is 27.3 Å². The molecule has 5 heteroatoms. The second-order valence-corrected chi connectivity index (χ2v) is 6.04. The largest absolute Gasteiger partial charge is 0.368 e. The van der Waals surface area contributed by atoms with E-state index in [0.717, 1.165) is 26.2 Å². The van der Waals surface area contributed by atoms with Crippen molar-refractivity contribution in [1.82, 2.24) is 9.55 Å². The van der Waals surface area contributed by atoms with E-state index in [9.17, 15) is 4.79 Å². The summed E-state index contributed by atoms with van der Waals surface area (Å²) in [5, 5.41) is 0. The second-order valence-electron chi connectivity index (χ2n) is 6.04. The second kappa shape index (κ2) is 6.44. The average molecular weight is 312 g/mol. The monoisotopic (exact) mass is 312 g/mol. The van der Waals surface area contributed by atoms with Crippen molar-refractivity contribution in [3.63, 3.8) is 0 Å². The van der Waals surface area contributed by atoms with E-state index in [2.05, 4.69) is 46.8 Å². The Kier molecular flexibility index (Phi) is 4.37. The van der Waals surface area contributed by atoms with Gasteiger partial charge < -0.3 is 14.4 Å². The molecule has 0 saturated carbocycles. The van der Waals surface area contributed by atoms with Crippen LogP contribution in [0.1, 0.15) is 18.1 Å². The molecule has 2 heterocycles. The molecule has 5 nitrogen and oxygen atoms in total. The third kappa shape index (κ3) is 2.96. The highest BCUT2D eigenvalue weighted by Crippen LogP contribution is 2.24. The van der Waals surface area contributed by atoms with Crippen LogP contribution in [-0.4, -0.2) is 35.7 Å². The minimum atomic E-state index is 0.00943. The van der Waals surface area contributed by atoms with Crippen LogP contribution >= 0.6 is 0 Å². The summed E-state index contributed by atoms with van der Waals surface area (Å²) in [6.07, 6.45) is 3.47. The predicted octanol–water partition coefficient (Wildman–Crippen LogP) is 2.21. The van der Waals surface area contributed by atoms with E-state index in [1.165, 1.54) is 16.8 Å². The fourth-order valence-corrected chi connectivity index (χ4v) is 3.14. The van der Waals surface area contributed by atoms with E-state index in [0.29, 0.717) is 12.4 Å². The molecule has 0 N–H and O–H groups in total. The van der Waals surface area contributed by atoms with Crippen LogP contribution in [0.15, 0.2) is 35.4 Å². The van der Waals surface area contributed by atoms with Crippen LogP contribution in [0.5, 0.6) is 0 Å². The van der Waals surface area contributed by atoms with Crippen molar-refractivity contribution in [2.24, 2.45) is 0 Å². The molecule has 23 heavy (non-hydrogen) atoms. The lowest BCUT2D eigenvalue weighted by Gasteiger charge is -2.37. The van der Waals surface area contributed by atoms with Crippen LogP contribution < -0.4 is 15.4 Å². The Bertz CT molecular complexity index is 745. The summed E-state index contributed by atoms with van der Waals surface area (Å²) in [5.74, 6) is 0.579. The maximum atomic E-state index is 12.4. The van der Waals surface area contributed by atoms with E-state index in [-0.39, 0.29) is 5.56 Å². The summed E-state index contributed by atoms with van der Waals surface area (Å²) in [6.45, 7) is 10.4. The molecule has 0 aliphatic carbocycles. The quantitative estimate of drug-likeness (QED) is 0.871. The standard InChI is InChI=1S/C18H24N4O/c1-4-20-9-8-19-17(18(20)23)22-12-10-21(11-13-22)16-7-5-6-14(2)15(16)3/h5-9H,4,10-13H2,1-3H3. The first kappa shape index (κ1) is 15.6. The number of nitrogens with zero attached hydrogens (tertiary/aromatic N) is 4. The number of hydrogen-bond donors (Lipinski definition) is 0. The molecule has 122 valence electrons. The van der Waals surface area contributed by atoms with Gasteiger partial charge in [-0.2, -0.15) is 0 Å². The number of aryl methyl sites for hydroxylation is 2. The highest BCUT2D eigenvalue weighted by molar-refractivity contribution is 5.57. The van der Waals surface area contributed by atoms with Crippen molar-refractivity contribution in [2.75, 3.05) is 36.0 Å². The summed E-state index contributed by atoms with van der Waals surface area (Å²) < 4.78 is 1.71. The number of benzene rings is 1. The molecule has 0 bridgehead atoms. The Morgan fingerprint density at radius 1 is 1.09 bits per heavy atom. The first-order valence-electron chi connectivity index (χ1n) is 8.23. The van der Waals surface area contributed by atoms with E-state index in [1.807, 2.05) is 6.92 Å². The number of anilines is 2. The van der Waals surface area contributed by atoms with Gasteiger partial charge in [-0.1, -0.05) is 12.1 Å². The van der Waals surface area contributed by atoms with Gasteiger partial charge in [0.1, 0.15) is 0 Å². The molecule has 1 aliphatic heterocycles. The Morgan fingerprint density at radius 3 is 2.48 bits per heavy atom. The van der Waals surface area contributed by atoms with Crippen LogP contribution in [0.3, 0.4) is 0 Å². The van der Waals surface area contributed by atoms with Crippen molar-refractivity contribution in [1.29, 1.82) is 0 Å². The highest BCUT2D eigenvalue weighted by Gasteiger charge is 2.21. The van der Waals surface area contributed by atoms with Crippen molar-refractivity contribution in [3.8, 4) is 0 Å². The molecule has 1 aliphatic rings. The molecule has 0 radical (unpaired) electrons. The van der Waals surface area contributed by atoms with Gasteiger partial charge in [0, 0.05) is 50.8 Å². The van der Waals surface area contributed by atoms with Gasteiger partial charge in [-0.3, -0.25) is 4.79 Å². The van der Waals surface area contributed by atoms with Gasteiger partial charge in [0.15, 0.2) is 5.82 Å². The lowest BCUT2D eigenvalue weighted by Crippen LogP contribution is -2.49. The van der Waals surface area contributed by atoms with Gasteiger partial charge in [0.25, 0.3) is 5.56 Å². The van der Waals surface area contributed by atoms with Gasteiger partial charge in [-0.15, -0.1) is 0 Å². The molecule has 0 spiro atoms. The van der Waals surface area contributed by atoms with Crippen molar-refractivity contribution >= 4 is 11.5 Å². The number of aromatic nitrogens is 2. The fraction of sp³-hybridized carbons (Fsp3) is 0.444. The molecule has 0 atom stereocenters. The summed E-state index contributed by atoms with van der Waals surface area (Å²) in [7, 11) is 0. The first-order chi connectivity index (χ1) is 11.1. The third-order valence-corrected chi connectivity index (χ3v) is 4.73. The van der Waals surface area contributed by atoms with Crippen LogP contribution in [0.25, 0.3) is 0 Å². The van der Waals surface area contributed by atoms with Crippen LogP contribution in [0, 0.1) is 13.8 Å². The van der Waals surface area contributed by atoms with E-state index < -0.39 is 0 Å². The lowest BCUT2D eigenvalue weighted by atomic mass is 10.1. The van der Waals surface area contributed by atoms with E-state index in [4.69, 9.17) is 0 Å². The zero-order chi connectivity index (χ0) is 16.4. The predicted molar refractivity (Wildman–Crippen MR) is 94.5 cm³/mol. The zero-order valence-electron chi connectivity index (χ0n) is 14.1. The number of rotatable bonds is 3. The molecule has 1 saturated heterocycles. The molecular weight excluding hydrogens is 288 g/mol. The fourth-order valence-electron chi connectivity index (χ4n) is 3.14. The molecule has 2 aromatic rings. The third-order valence-electron chi connectivity index (χ3n) is 4.73. The Labute approximate surface area is 137 Å². The molecule has 1 aromatic carbocycles. The number of piperazine rings is 1. The Morgan fingerprint density at radius 2 is 1.78 bits per heavy atom. The topological polar surface area (TPSA) is 41.4 Å². The zero-order valence-corrected chi connectivity index (χ0v) is 14.1. The van der Waals surface area contributed by atoms with Gasteiger partial charge >= 0.3 is 0 Å². The Hall–Kier alpha value is -2.30. The molecule has 3 rings (SSSR count). The molecule has 0 amide bonds. The lowest BCUT2D eigenvalue weighted by molar-refractivity contribution is 0.631. The Balaban J connectivity index is 1.76. The summed E-state index contributed by atoms with van der Waals surface area (Å²) in [4.78, 5) is 21.2. The van der Waals surface area contributed by atoms with E-state index >= 15 is 0 Å². The highest BCUT2D eigenvalue weighted by atomic mass is 16.1. The SMILES string of the molecule is CCn1ccnc(N2CCN(c3cccc(C)c3C)CC2)c1=O. The maximum Gasteiger partial charge on any atom is 0.293 e. The van der Waals surface area contributed by atoms with Crippen LogP contribution in [0.4, 0.5) is 11.5 Å². The smallest absolute Gasteiger partial charge is 0.293 e. The average Bonchev–Trinajstić information content (AvgIpc) is 2.58. The summed E-state index contributed by atoms with van der Waals surface area (Å²) in [5.41, 5.74) is 3.97. The van der Waals surface area contributed by atoms with E-state index in [1.54, 1.807) is 17.0 Å². The maximum absolute atomic E-state index is 12.4. The van der Waals surface area contributed by atoms with Crippen LogP contribution in [-0.2, 0) is 6.54 Å².